The Morgan fingerprint density at radius 1 is 0.960 bits per heavy atom. The van der Waals surface area contributed by atoms with Gasteiger partial charge in [0.1, 0.15) is 0 Å². The average Bonchev–Trinajstić information content (AvgIpc) is 2.60. The zero-order chi connectivity index (χ0) is 18.4. The molecule has 1 amide bonds. The monoisotopic (exact) mass is 340 g/mol. The van der Waals surface area contributed by atoms with Crippen LogP contribution in [0.15, 0.2) is 48.5 Å². The van der Waals surface area contributed by atoms with Crippen LogP contribution in [-0.4, -0.2) is 42.0 Å². The molecule has 0 spiro atoms. The number of hydrogen-bond donors (Lipinski definition) is 2. The van der Waals surface area contributed by atoms with Crippen molar-refractivity contribution in [3.63, 3.8) is 0 Å². The van der Waals surface area contributed by atoms with Gasteiger partial charge in [-0.05, 0) is 35.1 Å². The van der Waals surface area contributed by atoms with Crippen molar-refractivity contribution < 1.29 is 14.7 Å². The largest absolute Gasteiger partial charge is 0.481 e. The van der Waals surface area contributed by atoms with Crippen molar-refractivity contribution >= 4 is 11.9 Å². The van der Waals surface area contributed by atoms with Gasteiger partial charge in [0.25, 0.3) is 0 Å². The molecule has 2 aromatic rings. The first-order valence-electron chi connectivity index (χ1n) is 8.23. The molecule has 0 aliphatic heterocycles. The Morgan fingerprint density at radius 3 is 1.88 bits per heavy atom. The van der Waals surface area contributed by atoms with Crippen molar-refractivity contribution in [3.8, 4) is 11.1 Å². The molecular formula is C20H24N2O3. The predicted octanol–water partition coefficient (Wildman–Crippen LogP) is 2.33. The molecule has 2 rings (SSSR count). The second kappa shape index (κ2) is 8.44. The average molecular weight is 340 g/mol. The Balaban J connectivity index is 2.02. The zero-order valence-electron chi connectivity index (χ0n) is 14.6. The van der Waals surface area contributed by atoms with Gasteiger partial charge >= 0.3 is 5.97 Å². The Labute approximate surface area is 148 Å². The van der Waals surface area contributed by atoms with Gasteiger partial charge in [0.05, 0.1) is 6.04 Å². The number of hydrogen-bond acceptors (Lipinski definition) is 3. The summed E-state index contributed by atoms with van der Waals surface area (Å²) in [6.45, 7) is 0. The number of aryl methyl sites for hydroxylation is 1. The Kier molecular flexibility index (Phi) is 6.31. The smallest absolute Gasteiger partial charge is 0.303 e. The van der Waals surface area contributed by atoms with Gasteiger partial charge in [-0.15, -0.1) is 0 Å². The van der Waals surface area contributed by atoms with E-state index in [2.05, 4.69) is 0 Å². The summed E-state index contributed by atoms with van der Waals surface area (Å²) in [6, 6.07) is 15.3. The summed E-state index contributed by atoms with van der Waals surface area (Å²) in [5.74, 6) is -0.869. The molecule has 0 saturated carbocycles. The SMILES string of the molecule is CN(C)C(=O)[C@@H](N)Cc1ccc(-c2ccc(CCC(=O)O)cc2)cc1. The van der Waals surface area contributed by atoms with E-state index in [-0.39, 0.29) is 12.3 Å². The van der Waals surface area contributed by atoms with E-state index in [1.165, 1.54) is 4.90 Å². The molecule has 0 heterocycles. The minimum absolute atomic E-state index is 0.0824. The van der Waals surface area contributed by atoms with Crippen molar-refractivity contribution in [2.24, 2.45) is 5.73 Å². The molecule has 25 heavy (non-hydrogen) atoms. The summed E-state index contributed by atoms with van der Waals surface area (Å²) in [5, 5.41) is 8.73. The summed E-state index contributed by atoms with van der Waals surface area (Å²) in [5.41, 5.74) is 10.1. The van der Waals surface area contributed by atoms with Crippen LogP contribution >= 0.6 is 0 Å². The number of carboxylic acids is 1. The lowest BCUT2D eigenvalue weighted by atomic mass is 9.99. The Bertz CT molecular complexity index is 722. The van der Waals surface area contributed by atoms with Crippen molar-refractivity contribution in [1.82, 2.24) is 4.90 Å². The summed E-state index contributed by atoms with van der Waals surface area (Å²) in [7, 11) is 3.40. The van der Waals surface area contributed by atoms with Gasteiger partial charge in [0, 0.05) is 20.5 Å². The lowest BCUT2D eigenvalue weighted by Crippen LogP contribution is -2.41. The van der Waals surface area contributed by atoms with Crippen LogP contribution in [0.25, 0.3) is 11.1 Å². The molecule has 0 aliphatic carbocycles. The summed E-state index contributed by atoms with van der Waals surface area (Å²) < 4.78 is 0. The first-order chi connectivity index (χ1) is 11.9. The predicted molar refractivity (Wildman–Crippen MR) is 98.2 cm³/mol. The number of rotatable bonds is 7. The van der Waals surface area contributed by atoms with E-state index in [1.54, 1.807) is 14.1 Å². The highest BCUT2D eigenvalue weighted by molar-refractivity contribution is 5.81. The summed E-state index contributed by atoms with van der Waals surface area (Å²) >= 11 is 0. The fourth-order valence-electron chi connectivity index (χ4n) is 2.62. The molecule has 1 atom stereocenters. The molecular weight excluding hydrogens is 316 g/mol. The highest BCUT2D eigenvalue weighted by atomic mass is 16.4. The molecule has 132 valence electrons. The minimum Gasteiger partial charge on any atom is -0.481 e. The van der Waals surface area contributed by atoms with E-state index >= 15 is 0 Å². The lowest BCUT2D eigenvalue weighted by Gasteiger charge is -2.16. The summed E-state index contributed by atoms with van der Waals surface area (Å²) in [6.07, 6.45) is 1.18. The van der Waals surface area contributed by atoms with Crippen LogP contribution in [0, 0.1) is 0 Å². The number of nitrogens with two attached hydrogens (primary N) is 1. The van der Waals surface area contributed by atoms with Crippen molar-refractivity contribution in [2.45, 2.75) is 25.3 Å². The van der Waals surface area contributed by atoms with Crippen molar-refractivity contribution in [3.05, 3.63) is 59.7 Å². The number of nitrogens with zero attached hydrogens (tertiary/aromatic N) is 1. The number of carbonyl (C=O) groups excluding carboxylic acids is 1. The van der Waals surface area contributed by atoms with E-state index in [4.69, 9.17) is 10.8 Å². The molecule has 3 N–H and O–H groups in total. The van der Waals surface area contributed by atoms with E-state index < -0.39 is 12.0 Å². The van der Waals surface area contributed by atoms with Gasteiger partial charge in [-0.2, -0.15) is 0 Å². The second-order valence-electron chi connectivity index (χ2n) is 6.33. The van der Waals surface area contributed by atoms with Gasteiger partial charge < -0.3 is 15.7 Å². The molecule has 2 aromatic carbocycles. The van der Waals surface area contributed by atoms with Crippen LogP contribution in [0.5, 0.6) is 0 Å². The molecule has 0 unspecified atom stereocenters. The topological polar surface area (TPSA) is 83.6 Å². The zero-order valence-corrected chi connectivity index (χ0v) is 14.6. The minimum atomic E-state index is -0.786. The Hall–Kier alpha value is -2.66. The quantitative estimate of drug-likeness (QED) is 0.810. The van der Waals surface area contributed by atoms with Gasteiger partial charge in [0.2, 0.25) is 5.91 Å². The molecule has 0 saturated heterocycles. The number of benzene rings is 2. The molecule has 0 radical (unpaired) electrons. The van der Waals surface area contributed by atoms with E-state index in [9.17, 15) is 9.59 Å². The highest BCUT2D eigenvalue weighted by Crippen LogP contribution is 2.21. The summed E-state index contributed by atoms with van der Waals surface area (Å²) in [4.78, 5) is 23.9. The van der Waals surface area contributed by atoms with Crippen LogP contribution < -0.4 is 5.73 Å². The van der Waals surface area contributed by atoms with Gasteiger partial charge in [0.15, 0.2) is 0 Å². The third-order valence-electron chi connectivity index (χ3n) is 4.08. The molecule has 0 fully saturated rings. The van der Waals surface area contributed by atoms with Gasteiger partial charge in [-0.3, -0.25) is 9.59 Å². The third-order valence-corrected chi connectivity index (χ3v) is 4.08. The fourth-order valence-corrected chi connectivity index (χ4v) is 2.62. The number of amides is 1. The number of aliphatic carboxylic acids is 1. The maximum Gasteiger partial charge on any atom is 0.303 e. The normalized spacial score (nSPS) is 11.8. The van der Waals surface area contributed by atoms with Crippen molar-refractivity contribution in [2.75, 3.05) is 14.1 Å². The fraction of sp³-hybridized carbons (Fsp3) is 0.300. The molecule has 0 bridgehead atoms. The standard InChI is InChI=1S/C20H24N2O3/c1-22(2)20(25)18(21)13-15-5-10-17(11-6-15)16-8-3-14(4-9-16)7-12-19(23)24/h3-6,8-11,18H,7,12-13,21H2,1-2H3,(H,23,24)/t18-/m0/s1. The first kappa shape index (κ1) is 18.7. The molecule has 0 aliphatic rings. The van der Waals surface area contributed by atoms with Gasteiger partial charge in [-0.1, -0.05) is 48.5 Å². The molecule has 0 aromatic heterocycles. The third kappa shape index (κ3) is 5.43. The van der Waals surface area contributed by atoms with Crippen LogP contribution in [0.4, 0.5) is 0 Å². The second-order valence-corrected chi connectivity index (χ2v) is 6.33. The highest BCUT2D eigenvalue weighted by Gasteiger charge is 2.15. The van der Waals surface area contributed by atoms with Crippen molar-refractivity contribution in [1.29, 1.82) is 0 Å². The molecule has 5 nitrogen and oxygen atoms in total. The van der Waals surface area contributed by atoms with Crippen LogP contribution in [0.2, 0.25) is 0 Å². The van der Waals surface area contributed by atoms with E-state index in [0.29, 0.717) is 12.8 Å². The van der Waals surface area contributed by atoms with Crippen LogP contribution in [0.3, 0.4) is 0 Å². The Morgan fingerprint density at radius 2 is 1.44 bits per heavy atom. The first-order valence-corrected chi connectivity index (χ1v) is 8.23. The maximum atomic E-state index is 11.8. The number of likely N-dealkylation sites (N-methyl/N-ethyl adjacent to an activating group) is 1. The lowest BCUT2D eigenvalue weighted by molar-refractivity contribution is -0.137. The van der Waals surface area contributed by atoms with Crippen LogP contribution in [-0.2, 0) is 22.4 Å². The number of carboxylic acid groups (broad SMARTS) is 1. The van der Waals surface area contributed by atoms with E-state index in [1.807, 2.05) is 48.5 Å². The van der Waals surface area contributed by atoms with E-state index in [0.717, 1.165) is 22.3 Å². The maximum absolute atomic E-state index is 11.8. The van der Waals surface area contributed by atoms with Gasteiger partial charge in [-0.25, -0.2) is 0 Å². The number of carbonyl (C=O) groups is 2. The molecule has 5 heteroatoms. The van der Waals surface area contributed by atoms with Crippen LogP contribution in [0.1, 0.15) is 17.5 Å².